The van der Waals surface area contributed by atoms with Gasteiger partial charge in [-0.1, -0.05) is 6.42 Å². The normalized spacial score (nSPS) is 31.2. The second-order valence-corrected chi connectivity index (χ2v) is 7.18. The molecule has 2 heterocycles. The molecule has 2 fully saturated rings. The predicted molar refractivity (Wildman–Crippen MR) is 80.0 cm³/mol. The quantitative estimate of drug-likeness (QED) is 0.855. The van der Waals surface area contributed by atoms with Crippen molar-refractivity contribution in [3.8, 4) is 0 Å². The average Bonchev–Trinajstić information content (AvgIpc) is 2.98. The predicted octanol–water partition coefficient (Wildman–Crippen LogP) is 2.47. The van der Waals surface area contributed by atoms with E-state index in [9.17, 15) is 0 Å². The van der Waals surface area contributed by atoms with Crippen LogP contribution in [0.3, 0.4) is 0 Å². The summed E-state index contributed by atoms with van der Waals surface area (Å²) in [6, 6.07) is 0. The fourth-order valence-electron chi connectivity index (χ4n) is 3.51. The van der Waals surface area contributed by atoms with E-state index < -0.39 is 0 Å². The first-order valence-corrected chi connectivity index (χ1v) is 8.37. The van der Waals surface area contributed by atoms with Crippen LogP contribution in [0.25, 0.3) is 0 Å². The van der Waals surface area contributed by atoms with E-state index >= 15 is 0 Å². The van der Waals surface area contributed by atoms with Gasteiger partial charge in [-0.2, -0.15) is 0 Å². The van der Waals surface area contributed by atoms with Crippen LogP contribution in [-0.4, -0.2) is 48.8 Å². The van der Waals surface area contributed by atoms with Gasteiger partial charge >= 0.3 is 0 Å². The minimum atomic E-state index is 0.0466. The van der Waals surface area contributed by atoms with E-state index in [-0.39, 0.29) is 5.60 Å². The van der Waals surface area contributed by atoms with E-state index in [2.05, 4.69) is 22.3 Å². The number of hydrogen-bond acceptors (Lipinski definition) is 5. The smallest absolute Gasteiger partial charge is 0.0898 e. The van der Waals surface area contributed by atoms with Crippen LogP contribution in [0.15, 0.2) is 5.38 Å². The van der Waals surface area contributed by atoms with E-state index in [4.69, 9.17) is 9.47 Å². The van der Waals surface area contributed by atoms with Crippen molar-refractivity contribution < 1.29 is 9.47 Å². The molecule has 0 amide bonds. The summed E-state index contributed by atoms with van der Waals surface area (Å²) in [5.41, 5.74) is 1.10. The lowest BCUT2D eigenvalue weighted by Crippen LogP contribution is -2.53. The summed E-state index contributed by atoms with van der Waals surface area (Å²) in [5.74, 6) is 0.532. The van der Waals surface area contributed by atoms with E-state index in [0.29, 0.717) is 12.5 Å². The third-order valence-corrected chi connectivity index (χ3v) is 5.35. The van der Waals surface area contributed by atoms with Crippen LogP contribution in [0.2, 0.25) is 0 Å². The maximum atomic E-state index is 6.18. The van der Waals surface area contributed by atoms with E-state index in [1.807, 2.05) is 6.92 Å². The molecule has 0 N–H and O–H groups in total. The average molecular weight is 296 g/mol. The van der Waals surface area contributed by atoms with Gasteiger partial charge in [0.25, 0.3) is 0 Å². The fourth-order valence-corrected chi connectivity index (χ4v) is 4.11. The minimum Gasteiger partial charge on any atom is -0.375 e. The van der Waals surface area contributed by atoms with Crippen molar-refractivity contribution in [3.63, 3.8) is 0 Å². The second kappa shape index (κ2) is 6.10. The number of hydrogen-bond donors (Lipinski definition) is 0. The monoisotopic (exact) mass is 296 g/mol. The highest BCUT2D eigenvalue weighted by Gasteiger charge is 2.46. The molecule has 0 aromatic carbocycles. The maximum absolute atomic E-state index is 6.18. The number of nitrogens with zero attached hydrogens (tertiary/aromatic N) is 2. The highest BCUT2D eigenvalue weighted by molar-refractivity contribution is 7.09. The van der Waals surface area contributed by atoms with Gasteiger partial charge < -0.3 is 14.4 Å². The minimum absolute atomic E-state index is 0.0466. The van der Waals surface area contributed by atoms with Gasteiger partial charge in [0, 0.05) is 24.4 Å². The number of aryl methyl sites for hydroxylation is 1. The molecule has 3 rings (SSSR count). The Morgan fingerprint density at radius 2 is 2.50 bits per heavy atom. The summed E-state index contributed by atoms with van der Waals surface area (Å²) >= 11 is 1.69. The van der Waals surface area contributed by atoms with Crippen LogP contribution < -0.4 is 0 Å². The largest absolute Gasteiger partial charge is 0.375 e. The second-order valence-electron chi connectivity index (χ2n) is 6.11. The summed E-state index contributed by atoms with van der Waals surface area (Å²) in [6.07, 6.45) is 3.67. The molecule has 1 aliphatic carbocycles. The third kappa shape index (κ3) is 3.06. The third-order valence-electron chi connectivity index (χ3n) is 4.53. The van der Waals surface area contributed by atoms with Crippen LogP contribution in [0.5, 0.6) is 0 Å². The zero-order valence-corrected chi connectivity index (χ0v) is 13.2. The summed E-state index contributed by atoms with van der Waals surface area (Å²) in [6.45, 7) is 6.42. The van der Waals surface area contributed by atoms with E-state index in [1.165, 1.54) is 19.3 Å². The van der Waals surface area contributed by atoms with Crippen LogP contribution in [0, 0.1) is 12.8 Å². The Bertz CT molecular complexity index is 451. The molecule has 0 radical (unpaired) electrons. The van der Waals surface area contributed by atoms with Gasteiger partial charge in [0.15, 0.2) is 0 Å². The molecule has 20 heavy (non-hydrogen) atoms. The van der Waals surface area contributed by atoms with Crippen molar-refractivity contribution in [1.82, 2.24) is 9.88 Å². The van der Waals surface area contributed by atoms with Gasteiger partial charge in [-0.15, -0.1) is 11.3 Å². The summed E-state index contributed by atoms with van der Waals surface area (Å²) in [7, 11) is 2.19. The molecule has 0 bridgehead atoms. The number of thiazole rings is 1. The Labute approximate surface area is 125 Å². The fraction of sp³-hybridized carbons (Fsp3) is 0.800. The molecule has 0 unspecified atom stereocenters. The topological polar surface area (TPSA) is 34.6 Å². The highest BCUT2D eigenvalue weighted by Crippen LogP contribution is 2.41. The molecular formula is C15H24N2O2S. The zero-order valence-electron chi connectivity index (χ0n) is 12.4. The van der Waals surface area contributed by atoms with Crippen molar-refractivity contribution >= 4 is 11.3 Å². The highest BCUT2D eigenvalue weighted by atomic mass is 32.1. The van der Waals surface area contributed by atoms with Gasteiger partial charge in [-0.3, -0.25) is 0 Å². The Balaban J connectivity index is 1.53. The molecule has 2 atom stereocenters. The maximum Gasteiger partial charge on any atom is 0.0898 e. The molecule has 1 aromatic rings. The van der Waals surface area contributed by atoms with E-state index in [0.717, 1.165) is 37.0 Å². The molecule has 1 aromatic heterocycles. The number of morpholine rings is 1. The van der Waals surface area contributed by atoms with Crippen molar-refractivity contribution in [2.75, 3.05) is 33.4 Å². The Morgan fingerprint density at radius 3 is 3.25 bits per heavy atom. The summed E-state index contributed by atoms with van der Waals surface area (Å²) in [4.78, 5) is 6.84. The van der Waals surface area contributed by atoms with Crippen molar-refractivity contribution in [2.24, 2.45) is 5.92 Å². The first-order valence-electron chi connectivity index (χ1n) is 7.49. The number of ether oxygens (including phenoxy) is 2. The van der Waals surface area contributed by atoms with Gasteiger partial charge in [0.2, 0.25) is 0 Å². The van der Waals surface area contributed by atoms with Gasteiger partial charge in [0.05, 0.1) is 36.1 Å². The Morgan fingerprint density at radius 1 is 1.60 bits per heavy atom. The molecule has 1 spiro atoms. The molecule has 4 nitrogen and oxygen atoms in total. The van der Waals surface area contributed by atoms with Crippen molar-refractivity contribution in [2.45, 2.75) is 38.4 Å². The van der Waals surface area contributed by atoms with Crippen LogP contribution in [0.4, 0.5) is 0 Å². The lowest BCUT2D eigenvalue weighted by molar-refractivity contribution is -0.137. The molecule has 2 aliphatic rings. The zero-order chi connectivity index (χ0) is 14.0. The first-order chi connectivity index (χ1) is 9.68. The lowest BCUT2D eigenvalue weighted by atomic mass is 9.89. The SMILES string of the molecule is Cc1nc(COC[C@@H]2CCC[C@@]23CN(C)CCO3)cs1. The number of aromatic nitrogens is 1. The van der Waals surface area contributed by atoms with Crippen molar-refractivity contribution in [1.29, 1.82) is 0 Å². The molecule has 1 saturated carbocycles. The lowest BCUT2D eigenvalue weighted by Gasteiger charge is -2.42. The van der Waals surface area contributed by atoms with Crippen LogP contribution in [0.1, 0.15) is 30.0 Å². The summed E-state index contributed by atoms with van der Waals surface area (Å²) in [5, 5.41) is 3.20. The Kier molecular flexibility index (Phi) is 4.40. The molecule has 1 saturated heterocycles. The van der Waals surface area contributed by atoms with E-state index in [1.54, 1.807) is 11.3 Å². The van der Waals surface area contributed by atoms with Crippen LogP contribution >= 0.6 is 11.3 Å². The number of rotatable bonds is 4. The molecule has 1 aliphatic heterocycles. The van der Waals surface area contributed by atoms with Crippen LogP contribution in [-0.2, 0) is 16.1 Å². The molecule has 112 valence electrons. The molecular weight excluding hydrogens is 272 g/mol. The van der Waals surface area contributed by atoms with Gasteiger partial charge in [-0.05, 0) is 26.8 Å². The van der Waals surface area contributed by atoms with Gasteiger partial charge in [-0.25, -0.2) is 4.98 Å². The van der Waals surface area contributed by atoms with Gasteiger partial charge in [0.1, 0.15) is 0 Å². The number of likely N-dealkylation sites (N-methyl/N-ethyl adjacent to an activating group) is 1. The standard InChI is InChI=1S/C15H24N2O2S/c1-12-16-14(10-20-12)9-18-8-13-4-3-5-15(13)11-17(2)6-7-19-15/h10,13H,3-9,11H2,1-2H3/t13-,15+/m0/s1. The summed E-state index contributed by atoms with van der Waals surface area (Å²) < 4.78 is 12.1. The first kappa shape index (κ1) is 14.4. The van der Waals surface area contributed by atoms with Crippen molar-refractivity contribution in [3.05, 3.63) is 16.1 Å². The molecule has 5 heteroatoms. The Hall–Kier alpha value is -0.490.